The zero-order valence-electron chi connectivity index (χ0n) is 8.44. The van der Waals surface area contributed by atoms with E-state index in [0.29, 0.717) is 18.8 Å². The maximum Gasteiger partial charge on any atom is 0.288 e. The molecule has 0 radical (unpaired) electrons. The SMILES string of the molecule is C[C@@H]1C[C@@]23C=C[C@@H](C2)C[C@@]3(Cl)S(=O)(=O)O1. The Morgan fingerprint density at radius 2 is 2.13 bits per heavy atom. The van der Waals surface area contributed by atoms with Gasteiger partial charge in [-0.3, -0.25) is 4.18 Å². The van der Waals surface area contributed by atoms with E-state index in [-0.39, 0.29) is 11.5 Å². The summed E-state index contributed by atoms with van der Waals surface area (Å²) in [5.74, 6) is 0.311. The molecule has 2 aliphatic carbocycles. The molecule has 2 fully saturated rings. The van der Waals surface area contributed by atoms with Gasteiger partial charge in [0.2, 0.25) is 0 Å². The van der Waals surface area contributed by atoms with Crippen molar-refractivity contribution in [3.05, 3.63) is 12.2 Å². The molecular weight excluding hydrogens is 236 g/mol. The van der Waals surface area contributed by atoms with Gasteiger partial charge in [-0.1, -0.05) is 23.8 Å². The van der Waals surface area contributed by atoms with Crippen LogP contribution >= 0.6 is 11.6 Å². The van der Waals surface area contributed by atoms with E-state index in [1.807, 2.05) is 6.08 Å². The lowest BCUT2D eigenvalue weighted by atomic mass is 9.81. The van der Waals surface area contributed by atoms with E-state index in [1.165, 1.54) is 0 Å². The molecule has 1 saturated carbocycles. The van der Waals surface area contributed by atoms with Crippen molar-refractivity contribution in [3.63, 3.8) is 0 Å². The van der Waals surface area contributed by atoms with E-state index in [2.05, 4.69) is 6.08 Å². The van der Waals surface area contributed by atoms with Crippen molar-refractivity contribution in [2.45, 2.75) is 36.5 Å². The number of halogens is 1. The second-order valence-corrected chi connectivity index (χ2v) is 7.64. The fourth-order valence-electron chi connectivity index (χ4n) is 3.38. The minimum absolute atomic E-state index is 0.261. The van der Waals surface area contributed by atoms with Crippen molar-refractivity contribution in [1.82, 2.24) is 0 Å². The molecule has 0 amide bonds. The fourth-order valence-corrected chi connectivity index (χ4v) is 5.70. The van der Waals surface area contributed by atoms with Crippen LogP contribution in [-0.4, -0.2) is 18.7 Å². The first-order valence-corrected chi connectivity index (χ1v) is 6.98. The number of fused-ring (bicyclic) bond motifs is 1. The predicted molar refractivity (Wildman–Crippen MR) is 57.0 cm³/mol. The number of hydrogen-bond acceptors (Lipinski definition) is 3. The lowest BCUT2D eigenvalue weighted by Crippen LogP contribution is -2.52. The largest absolute Gasteiger partial charge is 0.288 e. The van der Waals surface area contributed by atoms with E-state index in [9.17, 15) is 8.42 Å². The lowest BCUT2D eigenvalue weighted by Gasteiger charge is -2.44. The number of hydrogen-bond donors (Lipinski definition) is 0. The molecule has 3 nitrogen and oxygen atoms in total. The minimum atomic E-state index is -3.63. The van der Waals surface area contributed by atoms with Gasteiger partial charge in [-0.15, -0.1) is 0 Å². The molecule has 0 N–H and O–H groups in total. The van der Waals surface area contributed by atoms with Gasteiger partial charge in [-0.2, -0.15) is 8.42 Å². The van der Waals surface area contributed by atoms with Gasteiger partial charge in [-0.05, 0) is 32.1 Å². The Morgan fingerprint density at radius 3 is 2.80 bits per heavy atom. The summed E-state index contributed by atoms with van der Waals surface area (Å²) < 4.78 is 27.8. The third kappa shape index (κ3) is 1.03. The van der Waals surface area contributed by atoms with Crippen LogP contribution in [0.1, 0.15) is 26.2 Å². The van der Waals surface area contributed by atoms with Crippen LogP contribution in [0.25, 0.3) is 0 Å². The van der Waals surface area contributed by atoms with Gasteiger partial charge in [-0.25, -0.2) is 0 Å². The molecule has 0 aromatic heterocycles. The van der Waals surface area contributed by atoms with Gasteiger partial charge in [0.25, 0.3) is 10.1 Å². The first-order chi connectivity index (χ1) is 6.89. The highest BCUT2D eigenvalue weighted by Crippen LogP contribution is 2.65. The van der Waals surface area contributed by atoms with Crippen LogP contribution in [0.3, 0.4) is 0 Å². The minimum Gasteiger partial charge on any atom is -0.266 e. The molecule has 1 aliphatic heterocycles. The summed E-state index contributed by atoms with van der Waals surface area (Å²) in [6.07, 6.45) is 5.92. The Balaban J connectivity index is 2.19. The second-order valence-electron chi connectivity index (χ2n) is 4.98. The zero-order chi connectivity index (χ0) is 10.9. The molecule has 0 aromatic rings. The van der Waals surface area contributed by atoms with Crippen molar-refractivity contribution < 1.29 is 12.6 Å². The molecule has 1 saturated heterocycles. The molecule has 0 unspecified atom stereocenters. The molecule has 4 atom stereocenters. The normalized spacial score (nSPS) is 55.6. The summed E-state index contributed by atoms with van der Waals surface area (Å²) in [5, 5.41) is 0. The predicted octanol–water partition coefficient (Wildman–Crippen LogP) is 2.03. The zero-order valence-corrected chi connectivity index (χ0v) is 10.0. The summed E-state index contributed by atoms with van der Waals surface area (Å²) in [7, 11) is -3.63. The van der Waals surface area contributed by atoms with E-state index >= 15 is 0 Å². The summed E-state index contributed by atoms with van der Waals surface area (Å²) in [6, 6.07) is 0. The lowest BCUT2D eigenvalue weighted by molar-refractivity contribution is 0.121. The van der Waals surface area contributed by atoms with Crippen molar-refractivity contribution in [2.75, 3.05) is 0 Å². The summed E-state index contributed by atoms with van der Waals surface area (Å²) >= 11 is 6.35. The molecule has 1 heterocycles. The standard InChI is InChI=1S/C10H13ClO3S/c1-7-4-9-3-2-8(5-9)6-10(9,11)15(12,13)14-7/h2-3,7-8H,4-6H2,1H3/t7-,8+,9+,10-/m1/s1. The number of rotatable bonds is 0. The average Bonchev–Trinajstić information content (AvgIpc) is 2.56. The number of allylic oxidation sites excluding steroid dienone is 2. The smallest absolute Gasteiger partial charge is 0.266 e. The van der Waals surface area contributed by atoms with Crippen molar-refractivity contribution in [3.8, 4) is 0 Å². The Hall–Kier alpha value is -0.0600. The fraction of sp³-hybridized carbons (Fsp3) is 0.800. The Morgan fingerprint density at radius 1 is 1.40 bits per heavy atom. The Kier molecular flexibility index (Phi) is 1.76. The van der Waals surface area contributed by atoms with Crippen molar-refractivity contribution in [2.24, 2.45) is 11.3 Å². The average molecular weight is 249 g/mol. The van der Waals surface area contributed by atoms with Crippen LogP contribution in [0.15, 0.2) is 12.2 Å². The molecule has 2 bridgehead atoms. The third-order valence-electron chi connectivity index (χ3n) is 3.92. The quantitative estimate of drug-likeness (QED) is 0.374. The summed E-state index contributed by atoms with van der Waals surface area (Å²) in [5.41, 5.74) is -0.379. The molecule has 3 aliphatic rings. The van der Waals surface area contributed by atoms with Crippen molar-refractivity contribution in [1.29, 1.82) is 0 Å². The van der Waals surface area contributed by atoms with Crippen LogP contribution in [0.5, 0.6) is 0 Å². The molecule has 3 rings (SSSR count). The van der Waals surface area contributed by atoms with Gasteiger partial charge in [0.15, 0.2) is 4.21 Å². The van der Waals surface area contributed by atoms with Gasteiger partial charge < -0.3 is 0 Å². The van der Waals surface area contributed by atoms with Crippen LogP contribution < -0.4 is 0 Å². The monoisotopic (exact) mass is 248 g/mol. The molecule has 5 heteroatoms. The Labute approximate surface area is 94.6 Å². The van der Waals surface area contributed by atoms with E-state index in [1.54, 1.807) is 6.92 Å². The topological polar surface area (TPSA) is 43.4 Å². The highest BCUT2D eigenvalue weighted by Gasteiger charge is 2.68. The van der Waals surface area contributed by atoms with Gasteiger partial charge in [0.05, 0.1) is 6.10 Å². The van der Waals surface area contributed by atoms with Crippen LogP contribution in [0.2, 0.25) is 0 Å². The van der Waals surface area contributed by atoms with E-state index < -0.39 is 14.3 Å². The second kappa shape index (κ2) is 2.60. The summed E-state index contributed by atoms with van der Waals surface area (Å²) in [6.45, 7) is 1.79. The van der Waals surface area contributed by atoms with Crippen LogP contribution in [0, 0.1) is 11.3 Å². The van der Waals surface area contributed by atoms with Crippen LogP contribution in [-0.2, 0) is 14.3 Å². The van der Waals surface area contributed by atoms with Gasteiger partial charge in [0.1, 0.15) is 0 Å². The van der Waals surface area contributed by atoms with Crippen LogP contribution in [0.4, 0.5) is 0 Å². The van der Waals surface area contributed by atoms with E-state index in [4.69, 9.17) is 15.8 Å². The maximum atomic E-state index is 12.0. The highest BCUT2D eigenvalue weighted by molar-refractivity contribution is 7.89. The van der Waals surface area contributed by atoms with Gasteiger partial charge in [0, 0.05) is 5.41 Å². The maximum absolute atomic E-state index is 12.0. The first kappa shape index (κ1) is 10.1. The Bertz CT molecular complexity index is 444. The first-order valence-electron chi connectivity index (χ1n) is 5.20. The van der Waals surface area contributed by atoms with Gasteiger partial charge >= 0.3 is 0 Å². The van der Waals surface area contributed by atoms with E-state index in [0.717, 1.165) is 6.42 Å². The third-order valence-corrected chi connectivity index (χ3v) is 6.97. The summed E-state index contributed by atoms with van der Waals surface area (Å²) in [4.78, 5) is 0. The molecule has 84 valence electrons. The molecular formula is C10H13ClO3S. The highest BCUT2D eigenvalue weighted by atomic mass is 35.5. The molecule has 0 aromatic carbocycles. The molecule has 1 spiro atoms. The van der Waals surface area contributed by atoms with Crippen molar-refractivity contribution >= 4 is 21.7 Å². The molecule has 15 heavy (non-hydrogen) atoms. The number of alkyl halides is 1.